The molecule has 68 valence electrons. The Bertz CT molecular complexity index is 133. The zero-order valence-corrected chi connectivity index (χ0v) is 9.52. The zero-order chi connectivity index (χ0) is 9.23. The molecule has 0 aliphatic rings. The summed E-state index contributed by atoms with van der Waals surface area (Å²) in [6.45, 7) is 4.47. The molecule has 0 fully saturated rings. The van der Waals surface area contributed by atoms with Gasteiger partial charge in [0.15, 0.2) is 0 Å². The van der Waals surface area contributed by atoms with Crippen LogP contribution in [0.3, 0.4) is 0 Å². The molecule has 0 atom stereocenters. The summed E-state index contributed by atoms with van der Waals surface area (Å²) in [6, 6.07) is 0. The van der Waals surface area contributed by atoms with Crippen molar-refractivity contribution in [3.8, 4) is 0 Å². The number of hydrogen-bond acceptors (Lipinski definition) is 2. The van der Waals surface area contributed by atoms with Crippen molar-refractivity contribution in [3.05, 3.63) is 0 Å². The first-order valence-corrected chi connectivity index (χ1v) is 5.87. The van der Waals surface area contributed by atoms with Crippen molar-refractivity contribution in [1.82, 2.24) is 9.34 Å². The molecule has 0 aromatic rings. The molecule has 0 bridgehead atoms. The molecule has 0 heterocycles. The van der Waals surface area contributed by atoms with E-state index in [0.29, 0.717) is 5.66 Å². The highest BCUT2D eigenvalue weighted by Gasteiger charge is 2.23. The van der Waals surface area contributed by atoms with Gasteiger partial charge in [-0.2, -0.15) is 0 Å². The van der Waals surface area contributed by atoms with E-state index in [0.717, 1.165) is 0 Å². The van der Waals surface area contributed by atoms with Gasteiger partial charge in [-0.25, -0.2) is 0 Å². The van der Waals surface area contributed by atoms with Gasteiger partial charge >= 0.3 is 0 Å². The van der Waals surface area contributed by atoms with Crippen LogP contribution in [-0.4, -0.2) is 49.5 Å². The van der Waals surface area contributed by atoms with Crippen LogP contribution in [0.25, 0.3) is 0 Å². The molecule has 0 saturated carbocycles. The average molecular weight is 176 g/mol. The lowest BCUT2D eigenvalue weighted by Crippen LogP contribution is -2.26. The molecule has 0 amide bonds. The minimum absolute atomic E-state index is 0.632. The van der Waals surface area contributed by atoms with Gasteiger partial charge in [-0.1, -0.05) is 20.1 Å². The van der Waals surface area contributed by atoms with Gasteiger partial charge < -0.3 is 0 Å². The van der Waals surface area contributed by atoms with Crippen molar-refractivity contribution < 1.29 is 0 Å². The van der Waals surface area contributed by atoms with Crippen LogP contribution in [0.1, 0.15) is 13.8 Å². The summed E-state index contributed by atoms with van der Waals surface area (Å²) in [4.78, 5) is 0. The summed E-state index contributed by atoms with van der Waals surface area (Å²) in [5, 5.41) is 0. The van der Waals surface area contributed by atoms with Gasteiger partial charge in [0.1, 0.15) is 0 Å². The summed E-state index contributed by atoms with van der Waals surface area (Å²) < 4.78 is 4.52. The Morgan fingerprint density at radius 2 is 1.27 bits per heavy atom. The zero-order valence-electron chi connectivity index (χ0n) is 8.63. The van der Waals surface area contributed by atoms with Crippen molar-refractivity contribution in [1.29, 1.82) is 0 Å². The van der Waals surface area contributed by atoms with Crippen molar-refractivity contribution >= 4 is 13.5 Å². The fourth-order valence-electron chi connectivity index (χ4n) is 1.28. The summed E-state index contributed by atoms with van der Waals surface area (Å²) in [5.74, 6) is 0. The Morgan fingerprint density at radius 1 is 1.00 bits per heavy atom. The Morgan fingerprint density at radius 3 is 1.27 bits per heavy atom. The molecular formula is C8H21N2P. The maximum absolute atomic E-state index is 4.33. The Hall–Kier alpha value is 0.220. The first kappa shape index (κ1) is 11.2. The maximum atomic E-state index is 4.33. The maximum Gasteiger partial charge on any atom is 0.00986 e. The van der Waals surface area contributed by atoms with Gasteiger partial charge in [0.2, 0.25) is 0 Å². The molecule has 0 aromatic heterocycles. The van der Waals surface area contributed by atoms with Gasteiger partial charge in [-0.15, -0.1) is 0 Å². The topological polar surface area (TPSA) is 6.48 Å². The van der Waals surface area contributed by atoms with Crippen molar-refractivity contribution in [2.24, 2.45) is 0 Å². The standard InChI is InChI=1S/C8H21N2P/c1-8(2)11(7,9(3)4)10(5)6/h8H,7H2,1-6H3. The normalized spacial score (nSPS) is 13.5. The Balaban J connectivity index is 4.69. The van der Waals surface area contributed by atoms with E-state index in [1.165, 1.54) is 0 Å². The van der Waals surface area contributed by atoms with Crippen LogP contribution in [0, 0.1) is 0 Å². The summed E-state index contributed by atoms with van der Waals surface area (Å²) in [6.07, 6.45) is 4.33. The van der Waals surface area contributed by atoms with E-state index in [9.17, 15) is 0 Å². The molecule has 11 heavy (non-hydrogen) atoms. The molecule has 0 unspecified atom stereocenters. The molecule has 0 radical (unpaired) electrons. The van der Waals surface area contributed by atoms with Crippen LogP contribution in [0.4, 0.5) is 0 Å². The van der Waals surface area contributed by atoms with E-state index in [1.54, 1.807) is 0 Å². The molecule has 0 spiro atoms. The van der Waals surface area contributed by atoms with Crippen LogP contribution in [0.2, 0.25) is 0 Å². The van der Waals surface area contributed by atoms with E-state index < -0.39 is 7.19 Å². The first-order valence-electron chi connectivity index (χ1n) is 3.92. The van der Waals surface area contributed by atoms with Crippen molar-refractivity contribution in [2.75, 3.05) is 28.2 Å². The second-order valence-electron chi connectivity index (χ2n) is 3.57. The highest BCUT2D eigenvalue weighted by Crippen LogP contribution is 2.52. The van der Waals surface area contributed by atoms with E-state index in [1.807, 2.05) is 0 Å². The summed E-state index contributed by atoms with van der Waals surface area (Å²) >= 11 is 0. The highest BCUT2D eigenvalue weighted by molar-refractivity contribution is 7.69. The quantitative estimate of drug-likeness (QED) is 0.605. The van der Waals surface area contributed by atoms with Gasteiger partial charge in [0.25, 0.3) is 0 Å². The van der Waals surface area contributed by atoms with E-state index in [2.05, 4.69) is 57.7 Å². The van der Waals surface area contributed by atoms with Crippen LogP contribution in [0.5, 0.6) is 0 Å². The van der Waals surface area contributed by atoms with Gasteiger partial charge in [0, 0.05) is 7.19 Å². The number of rotatable bonds is 3. The Kier molecular flexibility index (Phi) is 3.83. The third kappa shape index (κ3) is 2.08. The fourth-order valence-corrected chi connectivity index (χ4v) is 3.84. The number of nitrogens with zero attached hydrogens (tertiary/aromatic N) is 2. The third-order valence-electron chi connectivity index (χ3n) is 2.21. The molecule has 0 aliphatic heterocycles. The van der Waals surface area contributed by atoms with Crippen LogP contribution in [0.15, 0.2) is 0 Å². The lowest BCUT2D eigenvalue weighted by molar-refractivity contribution is 0.557. The van der Waals surface area contributed by atoms with E-state index >= 15 is 0 Å². The average Bonchev–Trinajstić information content (AvgIpc) is 1.84. The largest absolute Gasteiger partial charge is 0.278 e. The first-order chi connectivity index (χ1) is 4.83. The minimum atomic E-state index is -1.27. The SMILES string of the molecule is C=P(C(C)C)(N(C)C)N(C)C. The molecule has 3 heteroatoms. The monoisotopic (exact) mass is 176 g/mol. The predicted octanol–water partition coefficient (Wildman–Crippen LogP) is 1.80. The second-order valence-corrected chi connectivity index (χ2v) is 7.78. The lowest BCUT2D eigenvalue weighted by atomic mass is 10.6. The van der Waals surface area contributed by atoms with Crippen LogP contribution >= 0.6 is 7.19 Å². The fraction of sp³-hybridized carbons (Fsp3) is 0.875. The molecule has 0 aliphatic carbocycles. The van der Waals surface area contributed by atoms with Gasteiger partial charge in [-0.05, 0) is 33.8 Å². The van der Waals surface area contributed by atoms with Crippen molar-refractivity contribution in [3.63, 3.8) is 0 Å². The minimum Gasteiger partial charge on any atom is -0.278 e. The molecule has 0 saturated heterocycles. The van der Waals surface area contributed by atoms with Gasteiger partial charge in [-0.3, -0.25) is 9.34 Å². The molecular weight excluding hydrogens is 155 g/mol. The smallest absolute Gasteiger partial charge is 0.00986 e. The molecule has 0 N–H and O–H groups in total. The molecule has 2 nitrogen and oxygen atoms in total. The predicted molar refractivity (Wildman–Crippen MR) is 56.6 cm³/mol. The third-order valence-corrected chi connectivity index (χ3v) is 6.64. The van der Waals surface area contributed by atoms with Crippen molar-refractivity contribution in [2.45, 2.75) is 19.5 Å². The number of hydrogen-bond donors (Lipinski definition) is 0. The van der Waals surface area contributed by atoms with E-state index in [-0.39, 0.29) is 0 Å². The molecule has 0 rings (SSSR count). The highest BCUT2D eigenvalue weighted by atomic mass is 31.2. The molecule has 0 aromatic carbocycles. The van der Waals surface area contributed by atoms with E-state index in [4.69, 9.17) is 0 Å². The van der Waals surface area contributed by atoms with Gasteiger partial charge in [0.05, 0.1) is 0 Å². The second kappa shape index (κ2) is 3.75. The Labute approximate surface area is 71.3 Å². The summed E-state index contributed by atoms with van der Waals surface area (Å²) in [7, 11) is 7.18. The lowest BCUT2D eigenvalue weighted by Gasteiger charge is -2.40. The summed E-state index contributed by atoms with van der Waals surface area (Å²) in [5.41, 5.74) is 0.632. The van der Waals surface area contributed by atoms with Crippen LogP contribution in [-0.2, 0) is 0 Å². The van der Waals surface area contributed by atoms with Crippen LogP contribution < -0.4 is 0 Å².